The maximum atomic E-state index is 13.8. The van der Waals surface area contributed by atoms with Gasteiger partial charge in [-0.1, -0.05) is 42.0 Å². The summed E-state index contributed by atoms with van der Waals surface area (Å²) in [6, 6.07) is 23.8. The normalized spacial score (nSPS) is 18.1. The van der Waals surface area contributed by atoms with E-state index in [-0.39, 0.29) is 29.4 Å². The van der Waals surface area contributed by atoms with Crippen molar-refractivity contribution in [2.75, 3.05) is 25.6 Å². The molecule has 2 atom stereocenters. The molecule has 0 saturated heterocycles. The standard InChI is InChI=1S/C48H51N5O5/c1-30-10-12-32(13-11-30)34-21-37-26-49-41-24-43(31(2)20-39(41)46(54)52(37)28-34)57-18-8-7-9-19-58-45-25-42-40(23-44(45)56-6)47(55)53-29-35(22-38(53)27-50-42)33-14-16-36(17-15-33)51-48(3,4)5/h10-17,20,23-29,37-38,51H,7-9,18-19,21-22H2,1-6H3/t37-,38-/m0/s1. The predicted molar refractivity (Wildman–Crippen MR) is 231 cm³/mol. The van der Waals surface area contributed by atoms with Crippen molar-refractivity contribution in [3.8, 4) is 17.2 Å². The maximum Gasteiger partial charge on any atom is 0.260 e. The zero-order chi connectivity index (χ0) is 40.6. The molecule has 8 rings (SSSR count). The lowest BCUT2D eigenvalue weighted by atomic mass is 10.0. The number of anilines is 1. The number of unbranched alkanes of at least 4 members (excludes halogenated alkanes) is 2. The van der Waals surface area contributed by atoms with E-state index in [0.29, 0.717) is 53.6 Å². The van der Waals surface area contributed by atoms with Crippen molar-refractivity contribution >= 4 is 52.5 Å². The number of nitrogens with zero attached hydrogens (tertiary/aromatic N) is 4. The Labute approximate surface area is 340 Å². The van der Waals surface area contributed by atoms with Gasteiger partial charge in [0.1, 0.15) is 5.75 Å². The van der Waals surface area contributed by atoms with Gasteiger partial charge in [0, 0.05) is 61.0 Å². The smallest absolute Gasteiger partial charge is 0.260 e. The van der Waals surface area contributed by atoms with Crippen molar-refractivity contribution in [1.82, 2.24) is 9.80 Å². The zero-order valence-corrected chi connectivity index (χ0v) is 34.2. The van der Waals surface area contributed by atoms with E-state index in [1.165, 1.54) is 5.56 Å². The second kappa shape index (κ2) is 16.0. The van der Waals surface area contributed by atoms with Gasteiger partial charge in [0.25, 0.3) is 11.8 Å². The van der Waals surface area contributed by atoms with Crippen LogP contribution in [-0.4, -0.2) is 72.0 Å². The maximum absolute atomic E-state index is 13.8. The van der Waals surface area contributed by atoms with Gasteiger partial charge in [-0.3, -0.25) is 19.6 Å². The molecular formula is C48H51N5O5. The third-order valence-corrected chi connectivity index (χ3v) is 10.9. The molecule has 0 bridgehead atoms. The number of aliphatic imine (C=N–C) groups is 2. The number of ether oxygens (including phenoxy) is 3. The third kappa shape index (κ3) is 8.14. The molecule has 4 aromatic rings. The number of benzene rings is 4. The van der Waals surface area contributed by atoms with Crippen molar-refractivity contribution in [3.63, 3.8) is 0 Å². The summed E-state index contributed by atoms with van der Waals surface area (Å²) in [5.41, 5.74) is 9.87. The van der Waals surface area contributed by atoms with Gasteiger partial charge in [-0.15, -0.1) is 0 Å². The Balaban J connectivity index is 0.832. The van der Waals surface area contributed by atoms with Gasteiger partial charge in [0.15, 0.2) is 11.5 Å². The molecule has 1 N–H and O–H groups in total. The fourth-order valence-electron chi connectivity index (χ4n) is 7.87. The SMILES string of the molecule is COc1cc2c(cc1OCCCCCOc1cc3c(cc1C)C(=O)N1C=C(c4ccc(C)cc4)C[C@H]1C=N3)N=C[C@@H]1CC(c3ccc(NC(C)(C)C)cc3)=CN1C2=O. The van der Waals surface area contributed by atoms with Crippen LogP contribution >= 0.6 is 0 Å². The summed E-state index contributed by atoms with van der Waals surface area (Å²) >= 11 is 0. The van der Waals surface area contributed by atoms with Crippen LogP contribution in [0, 0.1) is 13.8 Å². The van der Waals surface area contributed by atoms with Crippen LogP contribution in [0.2, 0.25) is 0 Å². The molecule has 0 aliphatic carbocycles. The molecule has 0 aromatic heterocycles. The molecule has 0 unspecified atom stereocenters. The van der Waals surface area contributed by atoms with Crippen molar-refractivity contribution < 1.29 is 23.8 Å². The minimum Gasteiger partial charge on any atom is -0.493 e. The van der Waals surface area contributed by atoms with Crippen LogP contribution in [0.4, 0.5) is 17.1 Å². The van der Waals surface area contributed by atoms with Crippen LogP contribution in [0.25, 0.3) is 11.1 Å². The van der Waals surface area contributed by atoms with Crippen LogP contribution in [0.1, 0.15) is 95.8 Å². The molecule has 10 heteroatoms. The summed E-state index contributed by atoms with van der Waals surface area (Å²) in [5.74, 6) is 1.63. The van der Waals surface area contributed by atoms with E-state index in [0.717, 1.165) is 65.0 Å². The van der Waals surface area contributed by atoms with Crippen molar-refractivity contribution in [1.29, 1.82) is 0 Å². The van der Waals surface area contributed by atoms with E-state index >= 15 is 0 Å². The van der Waals surface area contributed by atoms with Crippen molar-refractivity contribution in [2.24, 2.45) is 9.98 Å². The fraction of sp³-hybridized carbons (Fsp3) is 0.333. The molecule has 4 heterocycles. The highest BCUT2D eigenvalue weighted by molar-refractivity contribution is 6.06. The molecule has 4 aromatic carbocycles. The number of carbonyl (C=O) groups is 2. The van der Waals surface area contributed by atoms with Gasteiger partial charge in [0.2, 0.25) is 0 Å². The molecule has 0 saturated carbocycles. The summed E-state index contributed by atoms with van der Waals surface area (Å²) in [6.07, 6.45) is 11.6. The van der Waals surface area contributed by atoms with Crippen molar-refractivity contribution in [2.45, 2.75) is 84.3 Å². The van der Waals surface area contributed by atoms with E-state index in [4.69, 9.17) is 24.2 Å². The minimum atomic E-state index is -0.169. The highest BCUT2D eigenvalue weighted by atomic mass is 16.5. The molecule has 58 heavy (non-hydrogen) atoms. The van der Waals surface area contributed by atoms with Crippen LogP contribution in [0.5, 0.6) is 17.2 Å². The number of amides is 2. The number of aryl methyl sites for hydroxylation is 2. The van der Waals surface area contributed by atoms with Gasteiger partial charge in [-0.2, -0.15) is 0 Å². The molecular weight excluding hydrogens is 727 g/mol. The minimum absolute atomic E-state index is 0.0260. The lowest BCUT2D eigenvalue weighted by molar-refractivity contribution is 0.0809. The largest absolute Gasteiger partial charge is 0.493 e. The summed E-state index contributed by atoms with van der Waals surface area (Å²) in [4.78, 5) is 40.6. The fourth-order valence-corrected chi connectivity index (χ4v) is 7.87. The lowest BCUT2D eigenvalue weighted by Gasteiger charge is -2.22. The Morgan fingerprint density at radius 2 is 1.19 bits per heavy atom. The summed E-state index contributed by atoms with van der Waals surface area (Å²) in [5, 5.41) is 3.50. The van der Waals surface area contributed by atoms with E-state index < -0.39 is 0 Å². The quantitative estimate of drug-likeness (QED) is 0.144. The van der Waals surface area contributed by atoms with Gasteiger partial charge in [-0.25, -0.2) is 0 Å². The van der Waals surface area contributed by atoms with Crippen LogP contribution < -0.4 is 19.5 Å². The Morgan fingerprint density at radius 1 is 0.672 bits per heavy atom. The summed E-state index contributed by atoms with van der Waals surface area (Å²) in [6.45, 7) is 11.5. The van der Waals surface area contributed by atoms with Crippen LogP contribution in [-0.2, 0) is 0 Å². The van der Waals surface area contributed by atoms with Gasteiger partial charge in [-0.05, 0) is 106 Å². The average molecular weight is 778 g/mol. The van der Waals surface area contributed by atoms with Crippen LogP contribution in [0.15, 0.2) is 95.2 Å². The molecule has 10 nitrogen and oxygen atoms in total. The number of methoxy groups -OCH3 is 1. The first-order chi connectivity index (χ1) is 27.9. The zero-order valence-electron chi connectivity index (χ0n) is 34.2. The number of hydrogen-bond acceptors (Lipinski definition) is 8. The van der Waals surface area contributed by atoms with E-state index in [2.05, 4.69) is 81.5 Å². The number of hydrogen-bond donors (Lipinski definition) is 1. The molecule has 0 radical (unpaired) electrons. The van der Waals surface area contributed by atoms with E-state index in [1.54, 1.807) is 24.1 Å². The Kier molecular flexibility index (Phi) is 10.7. The highest BCUT2D eigenvalue weighted by Crippen LogP contribution is 2.41. The molecule has 0 spiro atoms. The monoisotopic (exact) mass is 777 g/mol. The van der Waals surface area contributed by atoms with Crippen molar-refractivity contribution in [3.05, 3.63) is 119 Å². The number of rotatable bonds is 12. The first kappa shape index (κ1) is 38.7. The van der Waals surface area contributed by atoms with Crippen LogP contribution in [0.3, 0.4) is 0 Å². The van der Waals surface area contributed by atoms with Gasteiger partial charge in [0.05, 0.1) is 54.9 Å². The number of carbonyl (C=O) groups excluding carboxylic acids is 2. The second-order valence-corrected chi connectivity index (χ2v) is 16.6. The molecule has 0 fully saturated rings. The summed E-state index contributed by atoms with van der Waals surface area (Å²) in [7, 11) is 1.58. The third-order valence-electron chi connectivity index (χ3n) is 10.9. The first-order valence-corrected chi connectivity index (χ1v) is 20.2. The molecule has 298 valence electrons. The Morgan fingerprint density at radius 3 is 1.74 bits per heavy atom. The topological polar surface area (TPSA) is 105 Å². The predicted octanol–water partition coefficient (Wildman–Crippen LogP) is 10.1. The summed E-state index contributed by atoms with van der Waals surface area (Å²) < 4.78 is 18.1. The highest BCUT2D eigenvalue weighted by Gasteiger charge is 2.35. The van der Waals surface area contributed by atoms with Gasteiger partial charge >= 0.3 is 0 Å². The first-order valence-electron chi connectivity index (χ1n) is 20.2. The average Bonchev–Trinajstić information content (AvgIpc) is 3.78. The van der Waals surface area contributed by atoms with E-state index in [1.807, 2.05) is 48.8 Å². The Hall–Kier alpha value is -6.16. The molecule has 4 aliphatic rings. The number of fused-ring (bicyclic) bond motifs is 4. The second-order valence-electron chi connectivity index (χ2n) is 16.6. The molecule has 2 amide bonds. The number of nitrogens with one attached hydrogen (secondary N) is 1. The molecule has 4 aliphatic heterocycles. The van der Waals surface area contributed by atoms with E-state index in [9.17, 15) is 9.59 Å². The van der Waals surface area contributed by atoms with Gasteiger partial charge < -0.3 is 29.3 Å². The lowest BCUT2D eigenvalue weighted by Crippen LogP contribution is -2.32. The Bertz CT molecular complexity index is 2350.